The van der Waals surface area contributed by atoms with Crippen molar-refractivity contribution in [3.63, 3.8) is 0 Å². The van der Waals surface area contributed by atoms with E-state index in [1.807, 2.05) is 4.90 Å². The number of amides is 1. The van der Waals surface area contributed by atoms with Crippen molar-refractivity contribution in [1.29, 1.82) is 0 Å². The zero-order valence-electron chi connectivity index (χ0n) is 6.16. The van der Waals surface area contributed by atoms with Crippen LogP contribution < -0.4 is 0 Å². The number of rotatable bonds is 0. The van der Waals surface area contributed by atoms with Gasteiger partial charge in [0.15, 0.2) is 0 Å². The first kappa shape index (κ1) is 6.52. The van der Waals surface area contributed by atoms with Gasteiger partial charge in [0.2, 0.25) is 5.96 Å². The number of guanidine groups is 1. The number of carbonyl (C=O) groups is 1. The van der Waals surface area contributed by atoms with Gasteiger partial charge in [0.25, 0.3) is 5.91 Å². The zero-order valence-corrected chi connectivity index (χ0v) is 6.16. The minimum absolute atomic E-state index is 0.230. The molecule has 1 saturated heterocycles. The summed E-state index contributed by atoms with van der Waals surface area (Å²) < 4.78 is 0. The van der Waals surface area contributed by atoms with Gasteiger partial charge in [0, 0.05) is 13.1 Å². The first-order chi connectivity index (χ1) is 5.36. The SMILES string of the molecule is O=C1C=NC(N2CCCC2)=N1. The van der Waals surface area contributed by atoms with Crippen LogP contribution in [0.5, 0.6) is 0 Å². The third-order valence-corrected chi connectivity index (χ3v) is 1.89. The molecule has 4 nitrogen and oxygen atoms in total. The van der Waals surface area contributed by atoms with Crippen LogP contribution in [0.4, 0.5) is 0 Å². The number of hydrogen-bond donors (Lipinski definition) is 0. The molecule has 2 heterocycles. The third kappa shape index (κ3) is 1.15. The summed E-state index contributed by atoms with van der Waals surface area (Å²) in [6, 6.07) is 0. The molecule has 0 aromatic rings. The highest BCUT2D eigenvalue weighted by Gasteiger charge is 2.19. The smallest absolute Gasteiger partial charge is 0.291 e. The van der Waals surface area contributed by atoms with E-state index in [-0.39, 0.29) is 5.91 Å². The van der Waals surface area contributed by atoms with E-state index in [2.05, 4.69) is 9.98 Å². The Kier molecular flexibility index (Phi) is 1.45. The third-order valence-electron chi connectivity index (χ3n) is 1.89. The minimum atomic E-state index is -0.230. The molecule has 0 unspecified atom stereocenters. The molecule has 0 spiro atoms. The maximum absolute atomic E-state index is 10.6. The molecule has 2 rings (SSSR count). The van der Waals surface area contributed by atoms with Crippen molar-refractivity contribution in [2.24, 2.45) is 9.98 Å². The molecule has 0 aromatic heterocycles. The molecule has 11 heavy (non-hydrogen) atoms. The van der Waals surface area contributed by atoms with Crippen LogP contribution in [0.2, 0.25) is 0 Å². The van der Waals surface area contributed by atoms with Gasteiger partial charge in [-0.2, -0.15) is 4.99 Å². The first-order valence-corrected chi connectivity index (χ1v) is 3.78. The van der Waals surface area contributed by atoms with Gasteiger partial charge in [0.05, 0.1) is 6.21 Å². The molecule has 0 radical (unpaired) electrons. The lowest BCUT2D eigenvalue weighted by Crippen LogP contribution is -2.24. The van der Waals surface area contributed by atoms with Gasteiger partial charge in [-0.1, -0.05) is 0 Å². The fraction of sp³-hybridized carbons (Fsp3) is 0.571. The van der Waals surface area contributed by atoms with Crippen LogP contribution in [0.3, 0.4) is 0 Å². The lowest BCUT2D eigenvalue weighted by atomic mass is 10.4. The molecule has 58 valence electrons. The summed E-state index contributed by atoms with van der Waals surface area (Å²) in [6.07, 6.45) is 3.64. The molecule has 0 atom stereocenters. The largest absolute Gasteiger partial charge is 0.341 e. The van der Waals surface area contributed by atoms with Crippen molar-refractivity contribution in [1.82, 2.24) is 4.90 Å². The van der Waals surface area contributed by atoms with Crippen molar-refractivity contribution >= 4 is 18.1 Å². The molecule has 0 aromatic carbocycles. The molecule has 0 saturated carbocycles. The second-order valence-electron chi connectivity index (χ2n) is 2.70. The Morgan fingerprint density at radius 2 is 2.09 bits per heavy atom. The summed E-state index contributed by atoms with van der Waals surface area (Å²) in [5.74, 6) is 0.374. The molecule has 1 amide bonds. The average molecular weight is 151 g/mol. The van der Waals surface area contributed by atoms with Gasteiger partial charge in [-0.25, -0.2) is 4.99 Å². The van der Waals surface area contributed by atoms with Crippen LogP contribution in [0.1, 0.15) is 12.8 Å². The Labute approximate surface area is 64.6 Å². The average Bonchev–Trinajstić information content (AvgIpc) is 2.55. The molecule has 2 aliphatic rings. The molecule has 0 bridgehead atoms. The van der Waals surface area contributed by atoms with Crippen LogP contribution >= 0.6 is 0 Å². The summed E-state index contributed by atoms with van der Waals surface area (Å²) in [7, 11) is 0. The Morgan fingerprint density at radius 1 is 1.36 bits per heavy atom. The lowest BCUT2D eigenvalue weighted by molar-refractivity contribution is -0.111. The van der Waals surface area contributed by atoms with E-state index in [9.17, 15) is 4.79 Å². The number of aliphatic imine (C=N–C) groups is 2. The molecule has 2 aliphatic heterocycles. The van der Waals surface area contributed by atoms with E-state index in [1.54, 1.807) is 0 Å². The van der Waals surface area contributed by atoms with Crippen LogP contribution in [-0.4, -0.2) is 36.1 Å². The van der Waals surface area contributed by atoms with Gasteiger partial charge >= 0.3 is 0 Å². The van der Waals surface area contributed by atoms with E-state index in [4.69, 9.17) is 0 Å². The Bertz CT molecular complexity index is 238. The highest BCUT2D eigenvalue weighted by molar-refractivity contribution is 6.34. The predicted octanol–water partition coefficient (Wildman–Crippen LogP) is 0.0492. The van der Waals surface area contributed by atoms with Crippen molar-refractivity contribution in [2.75, 3.05) is 13.1 Å². The van der Waals surface area contributed by atoms with Gasteiger partial charge < -0.3 is 4.90 Å². The Balaban J connectivity index is 2.10. The molecule has 1 fully saturated rings. The minimum Gasteiger partial charge on any atom is -0.341 e. The van der Waals surface area contributed by atoms with Gasteiger partial charge in [-0.3, -0.25) is 4.79 Å². The van der Waals surface area contributed by atoms with E-state index < -0.39 is 0 Å². The van der Waals surface area contributed by atoms with Crippen LogP contribution in [-0.2, 0) is 4.79 Å². The molecular formula is C7H9N3O. The number of nitrogens with zero attached hydrogens (tertiary/aromatic N) is 3. The maximum atomic E-state index is 10.6. The quantitative estimate of drug-likeness (QED) is 0.491. The highest BCUT2D eigenvalue weighted by Crippen LogP contribution is 2.10. The summed E-state index contributed by atoms with van der Waals surface area (Å²) in [5.41, 5.74) is 0. The number of likely N-dealkylation sites (tertiary alicyclic amines) is 1. The molecule has 0 N–H and O–H groups in total. The number of carbonyl (C=O) groups excluding carboxylic acids is 1. The normalized spacial score (nSPS) is 23.1. The molecular weight excluding hydrogens is 142 g/mol. The Morgan fingerprint density at radius 3 is 2.64 bits per heavy atom. The van der Waals surface area contributed by atoms with Crippen molar-refractivity contribution in [3.8, 4) is 0 Å². The van der Waals surface area contributed by atoms with Gasteiger partial charge in [-0.05, 0) is 12.8 Å². The van der Waals surface area contributed by atoms with E-state index in [0.29, 0.717) is 5.96 Å². The monoisotopic (exact) mass is 151 g/mol. The van der Waals surface area contributed by atoms with Gasteiger partial charge in [0.1, 0.15) is 0 Å². The predicted molar refractivity (Wildman–Crippen MR) is 41.7 cm³/mol. The zero-order chi connectivity index (χ0) is 7.68. The summed E-state index contributed by atoms with van der Waals surface area (Å²) in [4.78, 5) is 20.3. The Hall–Kier alpha value is -1.19. The summed E-state index contributed by atoms with van der Waals surface area (Å²) >= 11 is 0. The molecule has 4 heteroatoms. The number of hydrogen-bond acceptors (Lipinski definition) is 3. The summed E-state index contributed by atoms with van der Waals surface area (Å²) in [5, 5.41) is 0. The second kappa shape index (κ2) is 2.45. The van der Waals surface area contributed by atoms with Gasteiger partial charge in [-0.15, -0.1) is 0 Å². The van der Waals surface area contributed by atoms with Crippen molar-refractivity contribution in [3.05, 3.63) is 0 Å². The van der Waals surface area contributed by atoms with Crippen molar-refractivity contribution in [2.45, 2.75) is 12.8 Å². The highest BCUT2D eigenvalue weighted by atomic mass is 16.1. The fourth-order valence-electron chi connectivity index (χ4n) is 1.34. The molecule has 0 aliphatic carbocycles. The lowest BCUT2D eigenvalue weighted by Gasteiger charge is -2.12. The summed E-state index contributed by atoms with van der Waals surface area (Å²) in [6.45, 7) is 1.98. The van der Waals surface area contributed by atoms with E-state index in [0.717, 1.165) is 13.1 Å². The fourth-order valence-corrected chi connectivity index (χ4v) is 1.34. The maximum Gasteiger partial charge on any atom is 0.291 e. The van der Waals surface area contributed by atoms with E-state index >= 15 is 0 Å². The van der Waals surface area contributed by atoms with Crippen LogP contribution in [0.25, 0.3) is 0 Å². The topological polar surface area (TPSA) is 45.0 Å². The van der Waals surface area contributed by atoms with Crippen molar-refractivity contribution < 1.29 is 4.79 Å². The van der Waals surface area contributed by atoms with Crippen LogP contribution in [0.15, 0.2) is 9.98 Å². The first-order valence-electron chi connectivity index (χ1n) is 3.78. The standard InChI is InChI=1S/C7H9N3O/c11-6-5-8-7(9-6)10-3-1-2-4-10/h5H,1-4H2. The second-order valence-corrected chi connectivity index (χ2v) is 2.70. The van der Waals surface area contributed by atoms with Crippen LogP contribution in [0, 0.1) is 0 Å². The van der Waals surface area contributed by atoms with E-state index in [1.165, 1.54) is 19.1 Å².